The smallest absolute Gasteiger partial charge is 0.137 e. The molecule has 0 saturated carbocycles. The lowest BCUT2D eigenvalue weighted by Gasteiger charge is -2.22. The first kappa shape index (κ1) is 11.4. The molecule has 0 aliphatic carbocycles. The van der Waals surface area contributed by atoms with Crippen molar-refractivity contribution in [3.63, 3.8) is 0 Å². The van der Waals surface area contributed by atoms with Gasteiger partial charge in [0, 0.05) is 18.9 Å². The zero-order chi connectivity index (χ0) is 12.5. The fourth-order valence-corrected chi connectivity index (χ4v) is 2.67. The zero-order valence-corrected chi connectivity index (χ0v) is 10.4. The van der Waals surface area contributed by atoms with E-state index in [1.807, 2.05) is 6.07 Å². The molecular weight excluding hydrogens is 229 g/mol. The average Bonchev–Trinajstić information content (AvgIpc) is 2.74. The van der Waals surface area contributed by atoms with Crippen molar-refractivity contribution in [1.29, 1.82) is 0 Å². The lowest BCUT2D eigenvalue weighted by atomic mass is 10.0. The first-order valence-corrected chi connectivity index (χ1v) is 6.41. The largest absolute Gasteiger partial charge is 0.312 e. The molecule has 0 fully saturated rings. The average molecular weight is 245 g/mol. The number of aryl methyl sites for hydroxylation is 1. The molecule has 3 rings (SSSR count). The van der Waals surface area contributed by atoms with Crippen LogP contribution < -0.4 is 0 Å². The molecule has 94 valence electrons. The molecule has 18 heavy (non-hydrogen) atoms. The molecule has 0 saturated heterocycles. The molecule has 1 aliphatic heterocycles. The van der Waals surface area contributed by atoms with Crippen LogP contribution in [0.2, 0.25) is 0 Å². The van der Waals surface area contributed by atoms with E-state index < -0.39 is 0 Å². The third kappa shape index (κ3) is 2.03. The summed E-state index contributed by atoms with van der Waals surface area (Å²) in [5.41, 5.74) is 0.947. The topological polar surface area (TPSA) is 30.7 Å². The van der Waals surface area contributed by atoms with Crippen molar-refractivity contribution in [3.8, 4) is 0 Å². The lowest BCUT2D eigenvalue weighted by molar-refractivity contribution is 0.416. The summed E-state index contributed by atoms with van der Waals surface area (Å²) >= 11 is 0. The number of hydrogen-bond donors (Lipinski definition) is 0. The Labute approximate surface area is 106 Å². The monoisotopic (exact) mass is 245 g/mol. The molecule has 2 heterocycles. The maximum absolute atomic E-state index is 13.2. The van der Waals surface area contributed by atoms with Crippen LogP contribution >= 0.6 is 0 Å². The molecule has 1 aromatic carbocycles. The minimum Gasteiger partial charge on any atom is -0.312 e. The third-order valence-electron chi connectivity index (χ3n) is 3.55. The molecule has 3 nitrogen and oxygen atoms in total. The Balaban J connectivity index is 1.92. The zero-order valence-electron chi connectivity index (χ0n) is 10.4. The quantitative estimate of drug-likeness (QED) is 0.814. The number of rotatable bonds is 2. The number of halogens is 1. The number of hydrogen-bond acceptors (Lipinski definition) is 2. The van der Waals surface area contributed by atoms with Crippen LogP contribution in [0.15, 0.2) is 24.3 Å². The van der Waals surface area contributed by atoms with E-state index in [1.54, 1.807) is 12.1 Å². The van der Waals surface area contributed by atoms with Crippen molar-refractivity contribution in [1.82, 2.24) is 14.8 Å². The second-order valence-electron chi connectivity index (χ2n) is 4.95. The summed E-state index contributed by atoms with van der Waals surface area (Å²) in [6, 6.07) is 7.15. The maximum atomic E-state index is 13.2. The predicted molar refractivity (Wildman–Crippen MR) is 66.9 cm³/mol. The van der Waals surface area contributed by atoms with Gasteiger partial charge in [-0.1, -0.05) is 12.1 Å². The highest BCUT2D eigenvalue weighted by atomic mass is 19.1. The molecule has 0 amide bonds. The van der Waals surface area contributed by atoms with E-state index in [0.717, 1.165) is 23.6 Å². The van der Waals surface area contributed by atoms with Gasteiger partial charge in [0.15, 0.2) is 0 Å². The van der Waals surface area contributed by atoms with Gasteiger partial charge in [-0.3, -0.25) is 0 Å². The molecule has 0 bridgehead atoms. The Morgan fingerprint density at radius 1 is 1.39 bits per heavy atom. The Bertz CT molecular complexity index is 562. The molecule has 0 spiro atoms. The van der Waals surface area contributed by atoms with Gasteiger partial charge in [-0.25, -0.2) is 4.39 Å². The first-order chi connectivity index (χ1) is 8.74. The van der Waals surface area contributed by atoms with Gasteiger partial charge in [0.25, 0.3) is 0 Å². The summed E-state index contributed by atoms with van der Waals surface area (Å²) in [5.74, 6) is 1.82. The van der Waals surface area contributed by atoms with Gasteiger partial charge in [-0.2, -0.15) is 0 Å². The normalized spacial score (nSPS) is 18.7. The predicted octanol–water partition coefficient (Wildman–Crippen LogP) is 2.91. The van der Waals surface area contributed by atoms with Gasteiger partial charge in [0.1, 0.15) is 17.5 Å². The van der Waals surface area contributed by atoms with Gasteiger partial charge < -0.3 is 4.57 Å². The summed E-state index contributed by atoms with van der Waals surface area (Å²) in [4.78, 5) is 0. The van der Waals surface area contributed by atoms with Crippen LogP contribution in [-0.2, 0) is 12.8 Å². The van der Waals surface area contributed by atoms with E-state index in [4.69, 9.17) is 0 Å². The van der Waals surface area contributed by atoms with Gasteiger partial charge in [0.05, 0.1) is 0 Å². The van der Waals surface area contributed by atoms with Crippen molar-refractivity contribution in [2.24, 2.45) is 0 Å². The van der Waals surface area contributed by atoms with E-state index in [1.165, 1.54) is 18.9 Å². The standard InChI is InChI=1S/C14H16FN3/c1-10-4-2-7-13-16-17-14(18(10)13)9-11-5-3-6-12(15)8-11/h3,5-6,8,10H,2,4,7,9H2,1H3. The minimum absolute atomic E-state index is 0.195. The highest BCUT2D eigenvalue weighted by Crippen LogP contribution is 2.25. The molecular formula is C14H16FN3. The molecule has 2 aromatic rings. The Morgan fingerprint density at radius 3 is 3.11 bits per heavy atom. The van der Waals surface area contributed by atoms with Crippen LogP contribution in [0.25, 0.3) is 0 Å². The lowest BCUT2D eigenvalue weighted by Crippen LogP contribution is -2.17. The van der Waals surface area contributed by atoms with Crippen molar-refractivity contribution in [3.05, 3.63) is 47.3 Å². The van der Waals surface area contributed by atoms with Crippen molar-refractivity contribution in [2.45, 2.75) is 38.6 Å². The van der Waals surface area contributed by atoms with E-state index in [0.29, 0.717) is 12.5 Å². The maximum Gasteiger partial charge on any atom is 0.137 e. The minimum atomic E-state index is -0.195. The molecule has 1 aliphatic rings. The Kier molecular flexibility index (Phi) is 2.86. The summed E-state index contributed by atoms with van der Waals surface area (Å²) in [7, 11) is 0. The second-order valence-corrected chi connectivity index (χ2v) is 4.95. The van der Waals surface area contributed by atoms with Crippen LogP contribution in [0, 0.1) is 5.82 Å². The number of benzene rings is 1. The van der Waals surface area contributed by atoms with Gasteiger partial charge in [-0.15, -0.1) is 10.2 Å². The Morgan fingerprint density at radius 2 is 2.28 bits per heavy atom. The van der Waals surface area contributed by atoms with Crippen LogP contribution in [0.4, 0.5) is 4.39 Å². The van der Waals surface area contributed by atoms with Crippen LogP contribution in [-0.4, -0.2) is 14.8 Å². The molecule has 0 N–H and O–H groups in total. The molecule has 1 unspecified atom stereocenters. The summed E-state index contributed by atoms with van der Waals surface area (Å²) in [6.45, 7) is 2.20. The van der Waals surface area contributed by atoms with Crippen molar-refractivity contribution >= 4 is 0 Å². The van der Waals surface area contributed by atoms with E-state index in [-0.39, 0.29) is 5.82 Å². The summed E-state index contributed by atoms with van der Waals surface area (Å²) in [6.07, 6.45) is 4.00. The molecule has 1 atom stereocenters. The summed E-state index contributed by atoms with van der Waals surface area (Å²) in [5, 5.41) is 8.51. The molecule has 4 heteroatoms. The fraction of sp³-hybridized carbons (Fsp3) is 0.429. The van der Waals surface area contributed by atoms with Gasteiger partial charge >= 0.3 is 0 Å². The van der Waals surface area contributed by atoms with E-state index >= 15 is 0 Å². The highest BCUT2D eigenvalue weighted by Gasteiger charge is 2.21. The highest BCUT2D eigenvalue weighted by molar-refractivity contribution is 5.21. The third-order valence-corrected chi connectivity index (χ3v) is 3.55. The van der Waals surface area contributed by atoms with E-state index in [9.17, 15) is 4.39 Å². The Hall–Kier alpha value is -1.71. The molecule has 0 radical (unpaired) electrons. The van der Waals surface area contributed by atoms with E-state index in [2.05, 4.69) is 21.7 Å². The molecule has 1 aromatic heterocycles. The fourth-order valence-electron chi connectivity index (χ4n) is 2.67. The van der Waals surface area contributed by atoms with Crippen molar-refractivity contribution < 1.29 is 4.39 Å². The summed E-state index contributed by atoms with van der Waals surface area (Å²) < 4.78 is 15.4. The number of fused-ring (bicyclic) bond motifs is 1. The first-order valence-electron chi connectivity index (χ1n) is 6.41. The van der Waals surface area contributed by atoms with Gasteiger partial charge in [0.2, 0.25) is 0 Å². The number of aromatic nitrogens is 3. The van der Waals surface area contributed by atoms with Crippen LogP contribution in [0.3, 0.4) is 0 Å². The van der Waals surface area contributed by atoms with Crippen LogP contribution in [0.5, 0.6) is 0 Å². The number of nitrogens with zero attached hydrogens (tertiary/aromatic N) is 3. The van der Waals surface area contributed by atoms with Crippen molar-refractivity contribution in [2.75, 3.05) is 0 Å². The van der Waals surface area contributed by atoms with Gasteiger partial charge in [-0.05, 0) is 37.5 Å². The van der Waals surface area contributed by atoms with Crippen LogP contribution in [0.1, 0.15) is 43.0 Å². The SMILES string of the molecule is CC1CCCc2nnc(Cc3cccc(F)c3)n21. The second kappa shape index (κ2) is 4.52.